The molecule has 0 saturated carbocycles. The van der Waals surface area contributed by atoms with Crippen LogP contribution in [0.1, 0.15) is 22.3 Å². The fourth-order valence-corrected chi connectivity index (χ4v) is 4.85. The van der Waals surface area contributed by atoms with Gasteiger partial charge in [0.15, 0.2) is 11.5 Å². The van der Waals surface area contributed by atoms with E-state index in [4.69, 9.17) is 14.2 Å². The third-order valence-electron chi connectivity index (χ3n) is 6.12. The van der Waals surface area contributed by atoms with Crippen LogP contribution >= 0.6 is 11.7 Å². The molecule has 3 aromatic carbocycles. The Balaban J connectivity index is 1.50. The van der Waals surface area contributed by atoms with E-state index in [1.807, 2.05) is 0 Å². The van der Waals surface area contributed by atoms with Crippen molar-refractivity contribution in [2.24, 2.45) is 0 Å². The quantitative estimate of drug-likeness (QED) is 0.392. The molecule has 0 radical (unpaired) electrons. The standard InChI is InChI=1S/C25H15F3N2O5S/c26-25(27,28)15-4-1-13(2-5-15)9-17-22(14-3-8-20-21(10-14)34-12-33-20)23(31)35-24(17,32)16-6-7-18-19(11-16)30-36-29-18/h1-8,10-11,32H,9,12H2. The van der Waals surface area contributed by atoms with Gasteiger partial charge in [0.1, 0.15) is 11.0 Å². The molecule has 2 aliphatic rings. The number of alkyl halides is 3. The lowest BCUT2D eigenvalue weighted by Crippen LogP contribution is -2.29. The second kappa shape index (κ2) is 8.04. The molecule has 2 aliphatic heterocycles. The summed E-state index contributed by atoms with van der Waals surface area (Å²) in [5, 5.41) is 11.8. The highest BCUT2D eigenvalue weighted by atomic mass is 32.1. The molecule has 0 aliphatic carbocycles. The third-order valence-corrected chi connectivity index (χ3v) is 6.68. The average molecular weight is 512 g/mol. The minimum absolute atomic E-state index is 0.0340. The second-order valence-electron chi connectivity index (χ2n) is 8.29. The summed E-state index contributed by atoms with van der Waals surface area (Å²) in [6.45, 7) is 0.0340. The Morgan fingerprint density at radius 2 is 1.69 bits per heavy atom. The number of carbonyl (C=O) groups excluding carboxylic acids is 1. The first-order valence-electron chi connectivity index (χ1n) is 10.7. The maximum absolute atomic E-state index is 13.2. The third kappa shape index (κ3) is 3.67. The molecule has 7 nitrogen and oxygen atoms in total. The van der Waals surface area contributed by atoms with Crippen LogP contribution in [0.2, 0.25) is 0 Å². The minimum Gasteiger partial charge on any atom is -0.454 e. The minimum atomic E-state index is -4.49. The van der Waals surface area contributed by atoms with Crippen molar-refractivity contribution in [2.75, 3.05) is 6.79 Å². The van der Waals surface area contributed by atoms with Crippen LogP contribution in [0.25, 0.3) is 16.6 Å². The van der Waals surface area contributed by atoms with E-state index in [-0.39, 0.29) is 29.9 Å². The van der Waals surface area contributed by atoms with Crippen molar-refractivity contribution >= 4 is 34.3 Å². The van der Waals surface area contributed by atoms with Crippen molar-refractivity contribution < 1.29 is 37.3 Å². The average Bonchev–Trinajstić information content (AvgIpc) is 3.56. The molecule has 36 heavy (non-hydrogen) atoms. The van der Waals surface area contributed by atoms with Gasteiger partial charge in [-0.3, -0.25) is 0 Å². The van der Waals surface area contributed by atoms with E-state index in [1.165, 1.54) is 12.1 Å². The number of ether oxygens (including phenoxy) is 3. The highest BCUT2D eigenvalue weighted by Crippen LogP contribution is 2.46. The van der Waals surface area contributed by atoms with Crippen LogP contribution in [0, 0.1) is 0 Å². The lowest BCUT2D eigenvalue weighted by Gasteiger charge is -2.25. The van der Waals surface area contributed by atoms with Crippen LogP contribution in [0.4, 0.5) is 13.2 Å². The van der Waals surface area contributed by atoms with Crippen molar-refractivity contribution in [1.29, 1.82) is 0 Å². The molecule has 0 saturated heterocycles. The Morgan fingerprint density at radius 3 is 2.47 bits per heavy atom. The van der Waals surface area contributed by atoms with Crippen LogP contribution in [0.15, 0.2) is 66.2 Å². The summed E-state index contributed by atoms with van der Waals surface area (Å²) in [4.78, 5) is 13.2. The Labute approximate surface area is 205 Å². The summed E-state index contributed by atoms with van der Waals surface area (Å²) in [5.41, 5.74) is 1.69. The molecule has 3 heterocycles. The highest BCUT2D eigenvalue weighted by Gasteiger charge is 2.48. The lowest BCUT2D eigenvalue weighted by molar-refractivity contribution is -0.185. The van der Waals surface area contributed by atoms with Crippen molar-refractivity contribution in [2.45, 2.75) is 18.4 Å². The smallest absolute Gasteiger partial charge is 0.416 e. The first-order chi connectivity index (χ1) is 17.2. The van der Waals surface area contributed by atoms with Crippen molar-refractivity contribution in [3.05, 3.63) is 88.5 Å². The van der Waals surface area contributed by atoms with E-state index in [2.05, 4.69) is 8.75 Å². The van der Waals surface area contributed by atoms with Gasteiger partial charge in [-0.2, -0.15) is 21.9 Å². The number of hydrogen-bond donors (Lipinski definition) is 1. The molecule has 4 aromatic rings. The number of nitrogens with zero attached hydrogens (tertiary/aromatic N) is 2. The zero-order valence-electron chi connectivity index (χ0n) is 18.2. The van der Waals surface area contributed by atoms with Gasteiger partial charge in [-0.25, -0.2) is 4.79 Å². The van der Waals surface area contributed by atoms with E-state index in [9.17, 15) is 23.1 Å². The second-order valence-corrected chi connectivity index (χ2v) is 8.82. The van der Waals surface area contributed by atoms with Gasteiger partial charge in [-0.05, 0) is 53.6 Å². The summed E-state index contributed by atoms with van der Waals surface area (Å²) in [6.07, 6.45) is -4.54. The van der Waals surface area contributed by atoms with Gasteiger partial charge in [0.2, 0.25) is 6.79 Å². The Hall–Kier alpha value is -3.96. The van der Waals surface area contributed by atoms with Crippen LogP contribution in [-0.2, 0) is 27.9 Å². The molecule has 0 fully saturated rings. The number of aromatic nitrogens is 2. The summed E-state index contributed by atoms with van der Waals surface area (Å²) in [7, 11) is 0. The molecule has 1 N–H and O–H groups in total. The maximum atomic E-state index is 13.2. The van der Waals surface area contributed by atoms with Crippen LogP contribution < -0.4 is 9.47 Å². The fourth-order valence-electron chi connectivity index (χ4n) is 4.33. The molecule has 182 valence electrons. The summed E-state index contributed by atoms with van der Waals surface area (Å²) >= 11 is 1.00. The topological polar surface area (TPSA) is 90.8 Å². The van der Waals surface area contributed by atoms with Crippen molar-refractivity contribution in [1.82, 2.24) is 8.75 Å². The van der Waals surface area contributed by atoms with Gasteiger partial charge in [-0.15, -0.1) is 0 Å². The SMILES string of the molecule is O=C1OC(O)(c2ccc3nsnc3c2)C(Cc2ccc(C(F)(F)F)cc2)=C1c1ccc2c(c1)OCO2. The molecule has 0 bridgehead atoms. The molecule has 1 aromatic heterocycles. The number of halogens is 3. The van der Waals surface area contributed by atoms with Crippen LogP contribution in [0.3, 0.4) is 0 Å². The molecule has 0 spiro atoms. The molecule has 1 unspecified atom stereocenters. The number of esters is 1. The number of cyclic esters (lactones) is 1. The zero-order chi connectivity index (χ0) is 25.1. The van der Waals surface area contributed by atoms with Gasteiger partial charge in [-0.1, -0.05) is 18.2 Å². The normalized spacial score (nSPS) is 19.3. The number of rotatable bonds is 4. The van der Waals surface area contributed by atoms with E-state index in [1.54, 1.807) is 36.4 Å². The van der Waals surface area contributed by atoms with Gasteiger partial charge in [0.05, 0.1) is 22.9 Å². The van der Waals surface area contributed by atoms with Gasteiger partial charge in [0, 0.05) is 17.6 Å². The zero-order valence-corrected chi connectivity index (χ0v) is 19.0. The fraction of sp³-hybridized carbons (Fsp3) is 0.160. The van der Waals surface area contributed by atoms with Gasteiger partial charge < -0.3 is 19.3 Å². The first kappa shape index (κ1) is 22.5. The lowest BCUT2D eigenvalue weighted by atomic mass is 9.87. The number of carbonyl (C=O) groups is 1. The summed E-state index contributed by atoms with van der Waals surface area (Å²) in [5.74, 6) is -2.03. The number of hydrogen-bond acceptors (Lipinski definition) is 8. The van der Waals surface area contributed by atoms with E-state index in [0.29, 0.717) is 33.7 Å². The maximum Gasteiger partial charge on any atom is 0.416 e. The van der Waals surface area contributed by atoms with Gasteiger partial charge >= 0.3 is 12.1 Å². The monoisotopic (exact) mass is 512 g/mol. The first-order valence-corrected chi connectivity index (χ1v) is 11.4. The predicted octanol–water partition coefficient (Wildman–Crippen LogP) is 4.84. The van der Waals surface area contributed by atoms with Crippen LogP contribution in [-0.4, -0.2) is 26.6 Å². The predicted molar refractivity (Wildman–Crippen MR) is 122 cm³/mol. The molecule has 6 rings (SSSR count). The molecular formula is C25H15F3N2O5S. The van der Waals surface area contributed by atoms with Crippen LogP contribution in [0.5, 0.6) is 11.5 Å². The Kier molecular flexibility index (Phi) is 5.02. The molecule has 0 amide bonds. The van der Waals surface area contributed by atoms with E-state index >= 15 is 0 Å². The number of benzene rings is 3. The van der Waals surface area contributed by atoms with Gasteiger partial charge in [0.25, 0.3) is 5.79 Å². The van der Waals surface area contributed by atoms with Crippen molar-refractivity contribution in [3.63, 3.8) is 0 Å². The highest BCUT2D eigenvalue weighted by molar-refractivity contribution is 7.00. The Bertz CT molecular complexity index is 1550. The Morgan fingerprint density at radius 1 is 0.944 bits per heavy atom. The van der Waals surface area contributed by atoms with E-state index < -0.39 is 23.5 Å². The molecule has 1 atom stereocenters. The van der Waals surface area contributed by atoms with E-state index in [0.717, 1.165) is 23.9 Å². The number of aliphatic hydroxyl groups is 1. The molecule has 11 heteroatoms. The van der Waals surface area contributed by atoms with Crippen molar-refractivity contribution in [3.8, 4) is 11.5 Å². The largest absolute Gasteiger partial charge is 0.454 e. The number of fused-ring (bicyclic) bond motifs is 2. The molecular weight excluding hydrogens is 497 g/mol. The summed E-state index contributed by atoms with van der Waals surface area (Å²) < 4.78 is 63.9. The summed E-state index contributed by atoms with van der Waals surface area (Å²) in [6, 6.07) is 14.2.